The van der Waals surface area contributed by atoms with Gasteiger partial charge in [-0.2, -0.15) is 0 Å². The molecule has 4 atom stereocenters. The molecule has 1 aromatic heterocycles. The normalized spacial score (nSPS) is 16.9. The minimum Gasteiger partial charge on any atom is -0.453 e. The number of nitrogens with zero attached hydrogens (tertiary/aromatic N) is 3. The molecular weight excluding hydrogens is 624 g/mol. The molecule has 2 aromatic carbocycles. The molecule has 262 valence electrons. The molecule has 0 aliphatic carbocycles. The summed E-state index contributed by atoms with van der Waals surface area (Å²) in [4.78, 5) is 58.6. The number of hydrogen-bond acceptors (Lipinski definition) is 8. The van der Waals surface area contributed by atoms with E-state index in [1.54, 1.807) is 6.20 Å². The highest BCUT2D eigenvalue weighted by atomic mass is 16.5. The van der Waals surface area contributed by atoms with Gasteiger partial charge in [0.15, 0.2) is 0 Å². The zero-order chi connectivity index (χ0) is 35.9. The predicted molar refractivity (Wildman–Crippen MR) is 186 cm³/mol. The molecule has 12 nitrogen and oxygen atoms in total. The molecule has 3 aromatic rings. The minimum atomic E-state index is -1.29. The maximum Gasteiger partial charge on any atom is 0.407 e. The first kappa shape index (κ1) is 37.0. The Morgan fingerprint density at radius 2 is 1.61 bits per heavy atom. The molecule has 1 fully saturated rings. The van der Waals surface area contributed by atoms with Crippen LogP contribution >= 0.6 is 0 Å². The Hall–Kier alpha value is -4.81. The number of aliphatic hydroxyl groups is 1. The highest BCUT2D eigenvalue weighted by Crippen LogP contribution is 2.28. The van der Waals surface area contributed by atoms with Gasteiger partial charge in [-0.3, -0.25) is 24.9 Å². The van der Waals surface area contributed by atoms with Crippen molar-refractivity contribution in [3.63, 3.8) is 0 Å². The standard InChI is InChI=1S/C37H48N6O6/c1-36(2,3)30(40-35(48)49-7)32(45)41-42(22-25-16-18-26(19-17-25)27-15-11-12-20-38-27)23-29(44)28(21-24-13-9-8-10-14-24)43-33(46)31(37(4,5)6)39-34(43)47/h8-20,28-31,44H,21-23H2,1-7H3,(H,39,47)(H,40,48)(H,41,45)/t28-,29-,30+,31-/m0/s1. The number of rotatable bonds is 12. The fourth-order valence-electron chi connectivity index (χ4n) is 5.75. The molecule has 0 bridgehead atoms. The van der Waals surface area contributed by atoms with E-state index in [2.05, 4.69) is 21.0 Å². The quantitative estimate of drug-likeness (QED) is 0.164. The number of carbonyl (C=O) groups excluding carboxylic acids is 4. The number of nitrogens with one attached hydrogen (secondary N) is 3. The molecule has 5 amide bonds. The largest absolute Gasteiger partial charge is 0.453 e. The number of aromatic nitrogens is 1. The first-order valence-electron chi connectivity index (χ1n) is 16.3. The molecule has 1 saturated heterocycles. The van der Waals surface area contributed by atoms with Crippen molar-refractivity contribution in [3.8, 4) is 11.3 Å². The van der Waals surface area contributed by atoms with Crippen molar-refractivity contribution in [1.82, 2.24) is 31.0 Å². The van der Waals surface area contributed by atoms with Gasteiger partial charge in [0.05, 0.1) is 24.9 Å². The molecule has 0 saturated carbocycles. The number of carbonyl (C=O) groups is 4. The summed E-state index contributed by atoms with van der Waals surface area (Å²) in [5.41, 5.74) is 4.98. The fourth-order valence-corrected chi connectivity index (χ4v) is 5.75. The first-order chi connectivity index (χ1) is 23.1. The average Bonchev–Trinajstić information content (AvgIpc) is 3.36. The van der Waals surface area contributed by atoms with Gasteiger partial charge in [0, 0.05) is 24.8 Å². The first-order valence-corrected chi connectivity index (χ1v) is 16.3. The summed E-state index contributed by atoms with van der Waals surface area (Å²) in [6.45, 7) is 11.0. The Bertz CT molecular complexity index is 1590. The summed E-state index contributed by atoms with van der Waals surface area (Å²) < 4.78 is 4.77. The van der Waals surface area contributed by atoms with Gasteiger partial charge >= 0.3 is 12.1 Å². The molecule has 12 heteroatoms. The van der Waals surface area contributed by atoms with Crippen molar-refractivity contribution in [3.05, 3.63) is 90.1 Å². The lowest BCUT2D eigenvalue weighted by Crippen LogP contribution is -2.59. The van der Waals surface area contributed by atoms with Gasteiger partial charge in [-0.25, -0.2) is 14.6 Å². The lowest BCUT2D eigenvalue weighted by atomic mass is 9.86. The number of urea groups is 1. The van der Waals surface area contributed by atoms with Gasteiger partial charge in [0.1, 0.15) is 12.1 Å². The number of ether oxygens (including phenoxy) is 1. The molecule has 0 unspecified atom stereocenters. The van der Waals surface area contributed by atoms with Gasteiger partial charge in [-0.05, 0) is 40.5 Å². The van der Waals surface area contributed by atoms with Crippen LogP contribution in [0.3, 0.4) is 0 Å². The molecular formula is C37H48N6O6. The zero-order valence-electron chi connectivity index (χ0n) is 29.3. The third-order valence-electron chi connectivity index (χ3n) is 8.44. The van der Waals surface area contributed by atoms with Crippen LogP contribution in [0, 0.1) is 10.8 Å². The number of alkyl carbamates (subject to hydrolysis) is 1. The van der Waals surface area contributed by atoms with E-state index < -0.39 is 59.0 Å². The number of pyridine rings is 1. The van der Waals surface area contributed by atoms with Crippen molar-refractivity contribution in [1.29, 1.82) is 0 Å². The van der Waals surface area contributed by atoms with Gasteiger partial charge < -0.3 is 20.5 Å². The van der Waals surface area contributed by atoms with E-state index in [0.717, 1.165) is 27.3 Å². The maximum atomic E-state index is 13.8. The lowest BCUT2D eigenvalue weighted by Gasteiger charge is -2.36. The summed E-state index contributed by atoms with van der Waals surface area (Å²) in [7, 11) is 1.22. The molecule has 0 radical (unpaired) electrons. The van der Waals surface area contributed by atoms with Crippen LogP contribution in [0.4, 0.5) is 9.59 Å². The molecule has 49 heavy (non-hydrogen) atoms. The Morgan fingerprint density at radius 3 is 2.16 bits per heavy atom. The number of hydrogen-bond donors (Lipinski definition) is 4. The Morgan fingerprint density at radius 1 is 0.959 bits per heavy atom. The predicted octanol–water partition coefficient (Wildman–Crippen LogP) is 4.29. The summed E-state index contributed by atoms with van der Waals surface area (Å²) >= 11 is 0. The van der Waals surface area contributed by atoms with Crippen LogP contribution in [-0.2, 0) is 27.3 Å². The minimum absolute atomic E-state index is 0.155. The lowest BCUT2D eigenvalue weighted by molar-refractivity contribution is -0.135. The van der Waals surface area contributed by atoms with Crippen molar-refractivity contribution in [2.45, 2.75) is 78.7 Å². The number of aliphatic hydroxyl groups excluding tert-OH is 1. The molecule has 1 aliphatic heterocycles. The second-order valence-corrected chi connectivity index (χ2v) is 14.5. The van der Waals surface area contributed by atoms with Crippen molar-refractivity contribution in [2.24, 2.45) is 10.8 Å². The van der Waals surface area contributed by atoms with Gasteiger partial charge in [-0.1, -0.05) is 102 Å². The highest BCUT2D eigenvalue weighted by molar-refractivity contribution is 6.05. The molecule has 4 N–H and O–H groups in total. The monoisotopic (exact) mass is 672 g/mol. The van der Waals surface area contributed by atoms with Crippen molar-refractivity contribution >= 4 is 23.9 Å². The van der Waals surface area contributed by atoms with Crippen LogP contribution in [-0.4, -0.2) is 81.8 Å². The van der Waals surface area contributed by atoms with Crippen LogP contribution in [0.5, 0.6) is 0 Å². The fraction of sp³-hybridized carbons (Fsp3) is 0.432. The zero-order valence-corrected chi connectivity index (χ0v) is 29.3. The molecule has 2 heterocycles. The van der Waals surface area contributed by atoms with E-state index in [9.17, 15) is 24.3 Å². The number of amides is 5. The van der Waals surface area contributed by atoms with Crippen LogP contribution in [0.25, 0.3) is 11.3 Å². The average molecular weight is 673 g/mol. The van der Waals surface area contributed by atoms with E-state index in [-0.39, 0.29) is 19.5 Å². The van der Waals surface area contributed by atoms with Crippen LogP contribution < -0.4 is 16.1 Å². The van der Waals surface area contributed by atoms with Crippen molar-refractivity contribution in [2.75, 3.05) is 13.7 Å². The van der Waals surface area contributed by atoms with E-state index in [1.165, 1.54) is 12.1 Å². The summed E-state index contributed by atoms with van der Waals surface area (Å²) in [5, 5.41) is 18.9. The molecule has 4 rings (SSSR count). The van der Waals surface area contributed by atoms with E-state index in [4.69, 9.17) is 4.74 Å². The maximum absolute atomic E-state index is 13.8. The van der Waals surface area contributed by atoms with E-state index >= 15 is 0 Å². The third-order valence-corrected chi connectivity index (χ3v) is 8.44. The van der Waals surface area contributed by atoms with E-state index in [1.807, 2.05) is 114 Å². The Balaban J connectivity index is 1.66. The molecule has 0 spiro atoms. The van der Waals surface area contributed by atoms with Gasteiger partial charge in [-0.15, -0.1) is 0 Å². The number of benzene rings is 2. The van der Waals surface area contributed by atoms with Crippen molar-refractivity contribution < 1.29 is 29.0 Å². The highest BCUT2D eigenvalue weighted by Gasteiger charge is 2.48. The van der Waals surface area contributed by atoms with Crippen LogP contribution in [0.15, 0.2) is 79.0 Å². The number of imide groups is 1. The molecule has 1 aliphatic rings. The van der Waals surface area contributed by atoms with Gasteiger partial charge in [0.25, 0.3) is 11.8 Å². The third kappa shape index (κ3) is 9.64. The summed E-state index contributed by atoms with van der Waals surface area (Å²) in [6.07, 6.45) is -0.144. The smallest absolute Gasteiger partial charge is 0.407 e. The topological polar surface area (TPSA) is 153 Å². The number of methoxy groups -OCH3 is 1. The Kier molecular flexibility index (Phi) is 11.8. The summed E-state index contributed by atoms with van der Waals surface area (Å²) in [6, 6.07) is 19.3. The van der Waals surface area contributed by atoms with E-state index in [0.29, 0.717) is 0 Å². The SMILES string of the molecule is COC(=O)N[C@H](C(=O)NN(Cc1ccc(-c2ccccn2)cc1)C[C@H](O)[C@H](Cc1ccccc1)N1C(=O)N[C@H](C(C)(C)C)C1=O)C(C)(C)C. The second kappa shape index (κ2) is 15.6. The number of hydrazine groups is 1. The second-order valence-electron chi connectivity index (χ2n) is 14.5. The Labute approximate surface area is 288 Å². The van der Waals surface area contributed by atoms with Crippen LogP contribution in [0.1, 0.15) is 52.7 Å². The van der Waals surface area contributed by atoms with Crippen LogP contribution in [0.2, 0.25) is 0 Å². The summed E-state index contributed by atoms with van der Waals surface area (Å²) in [5.74, 6) is -0.953. The van der Waals surface area contributed by atoms with Gasteiger partial charge in [0.2, 0.25) is 0 Å².